The summed E-state index contributed by atoms with van der Waals surface area (Å²) >= 11 is 1.44. The fourth-order valence-corrected chi connectivity index (χ4v) is 1.85. The Bertz CT molecular complexity index is 314. The highest BCUT2D eigenvalue weighted by Gasteiger charge is 2.26. The molecule has 0 bridgehead atoms. The highest BCUT2D eigenvalue weighted by Crippen LogP contribution is 2.14. The molecule has 0 aliphatic carbocycles. The number of nitrogens with zero attached hydrogens (tertiary/aromatic N) is 1. The van der Waals surface area contributed by atoms with Crippen LogP contribution in [-0.2, 0) is 17.7 Å². The number of nitrogens with one attached hydrogen (secondary N) is 1. The average molecular weight is 254 g/mol. The molecule has 0 fully saturated rings. The van der Waals surface area contributed by atoms with Gasteiger partial charge in [-0.3, -0.25) is 0 Å². The maximum absolute atomic E-state index is 11.8. The van der Waals surface area contributed by atoms with Gasteiger partial charge in [-0.1, -0.05) is 0 Å². The smallest absolute Gasteiger partial charge is 0.384 e. The molecule has 92 valence electrons. The number of hydrogen-bond acceptors (Lipinski definition) is 4. The quantitative estimate of drug-likeness (QED) is 0.843. The van der Waals surface area contributed by atoms with Gasteiger partial charge < -0.3 is 10.1 Å². The van der Waals surface area contributed by atoms with Crippen LogP contribution in [0.15, 0.2) is 5.38 Å². The molecule has 0 saturated carbocycles. The van der Waals surface area contributed by atoms with E-state index in [0.29, 0.717) is 18.7 Å². The third-order valence-corrected chi connectivity index (χ3v) is 2.71. The van der Waals surface area contributed by atoms with Crippen molar-refractivity contribution in [3.63, 3.8) is 0 Å². The van der Waals surface area contributed by atoms with Gasteiger partial charge in [0.05, 0.1) is 23.9 Å². The van der Waals surface area contributed by atoms with Crippen LogP contribution < -0.4 is 5.32 Å². The van der Waals surface area contributed by atoms with Crippen molar-refractivity contribution in [1.29, 1.82) is 0 Å². The molecular formula is C9H13F3N2OS. The van der Waals surface area contributed by atoms with Gasteiger partial charge in [0.1, 0.15) is 0 Å². The summed E-state index contributed by atoms with van der Waals surface area (Å²) in [5.74, 6) is 0. The zero-order valence-electron chi connectivity index (χ0n) is 8.80. The number of thiazole rings is 1. The molecular weight excluding hydrogens is 241 g/mol. The fourth-order valence-electron chi connectivity index (χ4n) is 1.07. The van der Waals surface area contributed by atoms with Gasteiger partial charge in [0.25, 0.3) is 0 Å². The molecule has 0 aliphatic heterocycles. The van der Waals surface area contributed by atoms with Crippen molar-refractivity contribution < 1.29 is 17.9 Å². The van der Waals surface area contributed by atoms with Crippen molar-refractivity contribution in [2.45, 2.75) is 19.1 Å². The van der Waals surface area contributed by atoms with Crippen LogP contribution in [0, 0.1) is 0 Å². The van der Waals surface area contributed by atoms with Crippen LogP contribution in [0.5, 0.6) is 0 Å². The van der Waals surface area contributed by atoms with Crippen LogP contribution in [0.25, 0.3) is 0 Å². The summed E-state index contributed by atoms with van der Waals surface area (Å²) in [6.45, 7) is -0.274. The second-order valence-corrected chi connectivity index (χ2v) is 4.14. The summed E-state index contributed by atoms with van der Waals surface area (Å²) in [6, 6.07) is 0. The van der Waals surface area contributed by atoms with Gasteiger partial charge in [-0.15, -0.1) is 11.3 Å². The van der Waals surface area contributed by atoms with E-state index in [9.17, 15) is 13.2 Å². The van der Waals surface area contributed by atoms with Crippen molar-refractivity contribution >= 4 is 11.3 Å². The molecule has 0 aromatic carbocycles. The number of hydrogen-bond donors (Lipinski definition) is 1. The first-order valence-electron chi connectivity index (χ1n) is 4.71. The molecule has 0 spiro atoms. The first-order chi connectivity index (χ1) is 7.51. The third kappa shape index (κ3) is 5.43. The summed E-state index contributed by atoms with van der Waals surface area (Å²) in [5.41, 5.74) is 0.639. The fraction of sp³-hybridized carbons (Fsp3) is 0.667. The van der Waals surface area contributed by atoms with E-state index in [0.717, 1.165) is 5.01 Å². The molecule has 0 saturated heterocycles. The minimum absolute atomic E-state index is 0.142. The molecule has 1 rings (SSSR count). The van der Waals surface area contributed by atoms with Crippen LogP contribution in [0.2, 0.25) is 0 Å². The topological polar surface area (TPSA) is 34.1 Å². The van der Waals surface area contributed by atoms with Crippen LogP contribution >= 0.6 is 11.3 Å². The maximum Gasteiger partial charge on any atom is 0.401 e. The molecule has 7 heteroatoms. The molecule has 1 aromatic heterocycles. The number of ether oxygens (including phenoxy) is 1. The van der Waals surface area contributed by atoms with Crippen molar-refractivity contribution in [2.75, 3.05) is 20.3 Å². The lowest BCUT2D eigenvalue weighted by atomic mass is 10.4. The van der Waals surface area contributed by atoms with E-state index in [4.69, 9.17) is 4.74 Å². The Kier molecular flexibility index (Phi) is 5.17. The molecule has 1 N–H and O–H groups in total. The Labute approximate surface area is 95.6 Å². The van der Waals surface area contributed by atoms with Crippen molar-refractivity contribution in [3.05, 3.63) is 16.1 Å². The van der Waals surface area contributed by atoms with Gasteiger partial charge in [0.2, 0.25) is 0 Å². The van der Waals surface area contributed by atoms with E-state index in [-0.39, 0.29) is 6.54 Å². The van der Waals surface area contributed by atoms with Crippen molar-refractivity contribution in [2.24, 2.45) is 0 Å². The molecule has 0 aliphatic rings. The van der Waals surface area contributed by atoms with E-state index < -0.39 is 12.7 Å². The lowest BCUT2D eigenvalue weighted by Crippen LogP contribution is -2.28. The average Bonchev–Trinajstić information content (AvgIpc) is 2.61. The molecule has 16 heavy (non-hydrogen) atoms. The predicted molar refractivity (Wildman–Crippen MR) is 55.5 cm³/mol. The highest BCUT2D eigenvalue weighted by atomic mass is 32.1. The summed E-state index contributed by atoms with van der Waals surface area (Å²) in [4.78, 5) is 4.18. The first-order valence-corrected chi connectivity index (χ1v) is 5.59. The zero-order valence-corrected chi connectivity index (χ0v) is 9.62. The molecule has 3 nitrogen and oxygen atoms in total. The van der Waals surface area contributed by atoms with Gasteiger partial charge in [0.15, 0.2) is 0 Å². The van der Waals surface area contributed by atoms with E-state index in [1.807, 2.05) is 0 Å². The minimum atomic E-state index is -4.17. The standard InChI is InChI=1S/C9H13F3N2OS/c1-15-3-2-8-14-7(5-16-8)4-13-6-9(10,11)12/h5,13H,2-4,6H2,1H3. The zero-order chi connectivity index (χ0) is 12.0. The SMILES string of the molecule is COCCc1nc(CNCC(F)(F)F)cs1. The van der Waals surface area contributed by atoms with Crippen LogP contribution in [0.1, 0.15) is 10.7 Å². The Balaban J connectivity index is 2.29. The van der Waals surface area contributed by atoms with Gasteiger partial charge in [-0.2, -0.15) is 13.2 Å². The summed E-state index contributed by atoms with van der Waals surface area (Å²) in [6.07, 6.45) is -3.48. The summed E-state index contributed by atoms with van der Waals surface area (Å²) in [5, 5.41) is 4.94. The second-order valence-electron chi connectivity index (χ2n) is 3.19. The third-order valence-electron chi connectivity index (χ3n) is 1.75. The first kappa shape index (κ1) is 13.4. The van der Waals surface area contributed by atoms with Gasteiger partial charge in [-0.25, -0.2) is 4.98 Å². The predicted octanol–water partition coefficient (Wildman–Crippen LogP) is 1.98. The van der Waals surface area contributed by atoms with E-state index in [1.54, 1.807) is 12.5 Å². The Hall–Kier alpha value is -0.660. The Morgan fingerprint density at radius 3 is 2.88 bits per heavy atom. The van der Waals surface area contributed by atoms with Crippen molar-refractivity contribution in [3.8, 4) is 0 Å². The number of rotatable bonds is 6. The largest absolute Gasteiger partial charge is 0.401 e. The molecule has 1 aromatic rings. The van der Waals surface area contributed by atoms with E-state index in [1.165, 1.54) is 11.3 Å². The van der Waals surface area contributed by atoms with E-state index >= 15 is 0 Å². The number of alkyl halides is 3. The van der Waals surface area contributed by atoms with Crippen molar-refractivity contribution in [1.82, 2.24) is 10.3 Å². The lowest BCUT2D eigenvalue weighted by Gasteiger charge is -2.06. The lowest BCUT2D eigenvalue weighted by molar-refractivity contribution is -0.125. The Morgan fingerprint density at radius 1 is 1.50 bits per heavy atom. The number of aromatic nitrogens is 1. The van der Waals surface area contributed by atoms with E-state index in [2.05, 4.69) is 10.3 Å². The molecule has 0 atom stereocenters. The highest BCUT2D eigenvalue weighted by molar-refractivity contribution is 7.09. The Morgan fingerprint density at radius 2 is 2.25 bits per heavy atom. The molecule has 0 amide bonds. The minimum Gasteiger partial charge on any atom is -0.384 e. The molecule has 0 unspecified atom stereocenters. The van der Waals surface area contributed by atoms with Crippen LogP contribution in [0.3, 0.4) is 0 Å². The van der Waals surface area contributed by atoms with Crippen LogP contribution in [-0.4, -0.2) is 31.4 Å². The molecule has 1 heterocycles. The molecule has 0 radical (unpaired) electrons. The maximum atomic E-state index is 11.8. The number of methoxy groups -OCH3 is 1. The second kappa shape index (κ2) is 6.17. The van der Waals surface area contributed by atoms with Gasteiger partial charge in [0, 0.05) is 25.5 Å². The number of halogens is 3. The van der Waals surface area contributed by atoms with Gasteiger partial charge in [-0.05, 0) is 0 Å². The van der Waals surface area contributed by atoms with Gasteiger partial charge >= 0.3 is 6.18 Å². The summed E-state index contributed by atoms with van der Waals surface area (Å²) < 4.78 is 40.4. The summed E-state index contributed by atoms with van der Waals surface area (Å²) in [7, 11) is 1.60. The monoisotopic (exact) mass is 254 g/mol. The van der Waals surface area contributed by atoms with Crippen LogP contribution in [0.4, 0.5) is 13.2 Å². The normalized spacial score (nSPS) is 12.0.